The van der Waals surface area contributed by atoms with Gasteiger partial charge in [0.05, 0.1) is 19.5 Å². The second-order valence-corrected chi connectivity index (χ2v) is 2.48. The van der Waals surface area contributed by atoms with Gasteiger partial charge in [0.15, 0.2) is 0 Å². The van der Waals surface area contributed by atoms with Crippen LogP contribution >= 0.6 is 11.6 Å². The largest absolute Gasteiger partial charge is 0.378 e. The average Bonchev–Trinajstić information content (AvgIpc) is 2.50. The van der Waals surface area contributed by atoms with Crippen LogP contribution in [0.25, 0.3) is 0 Å². The number of hydrogen-bond donors (Lipinski definition) is 0. The lowest BCUT2D eigenvalue weighted by molar-refractivity contribution is 0.140. The van der Waals surface area contributed by atoms with Crippen molar-refractivity contribution in [1.29, 1.82) is 0 Å². The molecule has 0 fully saturated rings. The summed E-state index contributed by atoms with van der Waals surface area (Å²) < 4.78 is 7.14. The molecule has 3 nitrogen and oxygen atoms in total. The van der Waals surface area contributed by atoms with E-state index in [1.54, 1.807) is 12.5 Å². The van der Waals surface area contributed by atoms with Gasteiger partial charge in [0.25, 0.3) is 0 Å². The van der Waals surface area contributed by atoms with E-state index in [9.17, 15) is 0 Å². The summed E-state index contributed by atoms with van der Waals surface area (Å²) in [4.78, 5) is 3.90. The van der Waals surface area contributed by atoms with Crippen LogP contribution in [-0.2, 0) is 11.3 Å². The summed E-state index contributed by atoms with van der Waals surface area (Å²) in [7, 11) is 0. The molecule has 0 aromatic carbocycles. The lowest BCUT2D eigenvalue weighted by Crippen LogP contribution is -2.05. The molecule has 0 saturated heterocycles. The van der Waals surface area contributed by atoms with Gasteiger partial charge in [0.1, 0.15) is 0 Å². The standard InChI is InChI=1S/C7H11ClN2O/c8-1-5-11-6-4-10-3-2-9-7-10/h2-3,7H,1,4-6H2. The Kier molecular flexibility index (Phi) is 4.01. The minimum absolute atomic E-state index is 0.559. The Morgan fingerprint density at radius 2 is 2.36 bits per heavy atom. The normalized spacial score (nSPS) is 10.3. The van der Waals surface area contributed by atoms with Crippen LogP contribution in [-0.4, -0.2) is 28.6 Å². The van der Waals surface area contributed by atoms with E-state index >= 15 is 0 Å². The molecular formula is C7H11ClN2O. The van der Waals surface area contributed by atoms with E-state index in [2.05, 4.69) is 4.98 Å². The third kappa shape index (κ3) is 3.39. The van der Waals surface area contributed by atoms with Crippen LogP contribution in [0.4, 0.5) is 0 Å². The maximum absolute atomic E-state index is 5.42. The summed E-state index contributed by atoms with van der Waals surface area (Å²) in [6, 6.07) is 0. The molecule has 1 aromatic heterocycles. The molecule has 0 aliphatic carbocycles. The molecule has 0 spiro atoms. The fraction of sp³-hybridized carbons (Fsp3) is 0.571. The van der Waals surface area contributed by atoms with Crippen LogP contribution in [0.1, 0.15) is 0 Å². The van der Waals surface area contributed by atoms with Crippen molar-refractivity contribution in [3.8, 4) is 0 Å². The number of ether oxygens (including phenoxy) is 1. The van der Waals surface area contributed by atoms with Crippen molar-refractivity contribution in [2.24, 2.45) is 0 Å². The van der Waals surface area contributed by atoms with E-state index in [4.69, 9.17) is 16.3 Å². The van der Waals surface area contributed by atoms with Crippen molar-refractivity contribution < 1.29 is 4.74 Å². The van der Waals surface area contributed by atoms with Crippen molar-refractivity contribution in [2.45, 2.75) is 6.54 Å². The fourth-order valence-electron chi connectivity index (χ4n) is 0.746. The zero-order valence-electron chi connectivity index (χ0n) is 6.24. The van der Waals surface area contributed by atoms with Crippen LogP contribution in [0.3, 0.4) is 0 Å². The molecule has 0 bridgehead atoms. The van der Waals surface area contributed by atoms with E-state index in [1.807, 2.05) is 10.8 Å². The zero-order valence-corrected chi connectivity index (χ0v) is 7.00. The Bertz CT molecular complexity index is 177. The fourth-order valence-corrected chi connectivity index (χ4v) is 0.855. The van der Waals surface area contributed by atoms with Gasteiger partial charge in [0, 0.05) is 24.8 Å². The molecule has 62 valence electrons. The minimum atomic E-state index is 0.559. The molecule has 1 heterocycles. The van der Waals surface area contributed by atoms with E-state index in [1.165, 1.54) is 0 Å². The first-order valence-corrected chi connectivity index (χ1v) is 4.06. The number of nitrogens with zero attached hydrogens (tertiary/aromatic N) is 2. The molecule has 0 aliphatic heterocycles. The average molecular weight is 175 g/mol. The highest BCUT2D eigenvalue weighted by Crippen LogP contribution is 1.86. The summed E-state index contributed by atoms with van der Waals surface area (Å²) in [6.07, 6.45) is 5.43. The Labute approximate surface area is 70.9 Å². The van der Waals surface area contributed by atoms with Gasteiger partial charge >= 0.3 is 0 Å². The molecular weight excluding hydrogens is 164 g/mol. The summed E-state index contributed by atoms with van der Waals surface area (Å²) in [5.41, 5.74) is 0. The molecule has 1 rings (SSSR count). The van der Waals surface area contributed by atoms with E-state index in [0.717, 1.165) is 6.54 Å². The van der Waals surface area contributed by atoms with E-state index in [-0.39, 0.29) is 0 Å². The van der Waals surface area contributed by atoms with Crippen molar-refractivity contribution in [2.75, 3.05) is 19.1 Å². The third-order valence-corrected chi connectivity index (χ3v) is 1.43. The van der Waals surface area contributed by atoms with Gasteiger partial charge < -0.3 is 9.30 Å². The lowest BCUT2D eigenvalue weighted by atomic mass is 10.6. The van der Waals surface area contributed by atoms with E-state index in [0.29, 0.717) is 19.1 Å². The number of aromatic nitrogens is 2. The molecule has 0 radical (unpaired) electrons. The summed E-state index contributed by atoms with van der Waals surface area (Å²) in [5.74, 6) is 0.559. The highest BCUT2D eigenvalue weighted by atomic mass is 35.5. The van der Waals surface area contributed by atoms with Gasteiger partial charge in [-0.25, -0.2) is 4.98 Å². The molecule has 1 aromatic rings. The van der Waals surface area contributed by atoms with Crippen LogP contribution < -0.4 is 0 Å². The predicted octanol–water partition coefficient (Wildman–Crippen LogP) is 1.14. The van der Waals surface area contributed by atoms with Crippen LogP contribution in [0.15, 0.2) is 18.7 Å². The monoisotopic (exact) mass is 174 g/mol. The first-order valence-electron chi connectivity index (χ1n) is 3.53. The van der Waals surface area contributed by atoms with Crippen LogP contribution in [0.2, 0.25) is 0 Å². The predicted molar refractivity (Wildman–Crippen MR) is 43.8 cm³/mol. The third-order valence-electron chi connectivity index (χ3n) is 1.27. The second-order valence-electron chi connectivity index (χ2n) is 2.10. The second kappa shape index (κ2) is 5.16. The van der Waals surface area contributed by atoms with Crippen molar-refractivity contribution >= 4 is 11.6 Å². The van der Waals surface area contributed by atoms with Gasteiger partial charge in [0.2, 0.25) is 0 Å². The smallest absolute Gasteiger partial charge is 0.0946 e. The summed E-state index contributed by atoms with van der Waals surface area (Å²) >= 11 is 5.42. The molecule has 4 heteroatoms. The summed E-state index contributed by atoms with van der Waals surface area (Å²) in [6.45, 7) is 2.16. The lowest BCUT2D eigenvalue weighted by Gasteiger charge is -2.01. The maximum atomic E-state index is 5.42. The first-order chi connectivity index (χ1) is 5.43. The Hall–Kier alpha value is -0.540. The van der Waals surface area contributed by atoms with Crippen molar-refractivity contribution in [3.63, 3.8) is 0 Å². The number of rotatable bonds is 5. The molecule has 0 amide bonds. The number of hydrogen-bond acceptors (Lipinski definition) is 2. The molecule has 0 unspecified atom stereocenters. The van der Waals surface area contributed by atoms with Gasteiger partial charge in [-0.05, 0) is 0 Å². The highest BCUT2D eigenvalue weighted by Gasteiger charge is 1.88. The SMILES string of the molecule is ClCCOCCn1ccnc1. The van der Waals surface area contributed by atoms with Gasteiger partial charge in [-0.2, -0.15) is 0 Å². The van der Waals surface area contributed by atoms with Crippen LogP contribution in [0, 0.1) is 0 Å². The summed E-state index contributed by atoms with van der Waals surface area (Å²) in [5, 5.41) is 0. The first kappa shape index (κ1) is 8.56. The van der Waals surface area contributed by atoms with Gasteiger partial charge in [-0.3, -0.25) is 0 Å². The molecule has 0 saturated carbocycles. The van der Waals surface area contributed by atoms with Crippen LogP contribution in [0.5, 0.6) is 0 Å². The van der Waals surface area contributed by atoms with Gasteiger partial charge in [-0.15, -0.1) is 11.6 Å². The number of halogens is 1. The number of imidazole rings is 1. The van der Waals surface area contributed by atoms with Crippen molar-refractivity contribution in [3.05, 3.63) is 18.7 Å². The topological polar surface area (TPSA) is 27.1 Å². The van der Waals surface area contributed by atoms with Gasteiger partial charge in [-0.1, -0.05) is 0 Å². The highest BCUT2D eigenvalue weighted by molar-refractivity contribution is 6.17. The minimum Gasteiger partial charge on any atom is -0.378 e. The molecule has 0 atom stereocenters. The van der Waals surface area contributed by atoms with Crippen molar-refractivity contribution in [1.82, 2.24) is 9.55 Å². The molecule has 0 N–H and O–H groups in total. The van der Waals surface area contributed by atoms with E-state index < -0.39 is 0 Å². The Balaban J connectivity index is 2.04. The zero-order chi connectivity index (χ0) is 7.94. The Morgan fingerprint density at radius 1 is 1.45 bits per heavy atom. The quantitative estimate of drug-likeness (QED) is 0.495. The molecule has 11 heavy (non-hydrogen) atoms. The maximum Gasteiger partial charge on any atom is 0.0946 e. The molecule has 0 aliphatic rings. The number of alkyl halides is 1. The Morgan fingerprint density at radius 3 is 3.00 bits per heavy atom.